The smallest absolute Gasteiger partial charge is 0.143 e. The summed E-state index contributed by atoms with van der Waals surface area (Å²) in [6.07, 6.45) is 1.77. The van der Waals surface area contributed by atoms with E-state index in [-0.39, 0.29) is 17.7 Å². The van der Waals surface area contributed by atoms with Gasteiger partial charge in [-0.05, 0) is 45.3 Å². The number of aromatic nitrogens is 1. The summed E-state index contributed by atoms with van der Waals surface area (Å²) in [5, 5.41) is 11.8. The van der Waals surface area contributed by atoms with Crippen molar-refractivity contribution < 1.29 is 13.5 Å². The topological polar surface area (TPSA) is 50.0 Å². The summed E-state index contributed by atoms with van der Waals surface area (Å²) >= 11 is 3.41. The number of pyridine rings is 1. The van der Waals surface area contributed by atoms with Crippen LogP contribution in [0.5, 0.6) is 5.75 Å². The summed E-state index contributed by atoms with van der Waals surface area (Å²) in [5.41, 5.74) is 2.77. The molecule has 0 bridgehead atoms. The predicted molar refractivity (Wildman–Crippen MR) is 116 cm³/mol. The Morgan fingerprint density at radius 2 is 1.87 bits per heavy atom. The van der Waals surface area contributed by atoms with Gasteiger partial charge in [0, 0.05) is 37.0 Å². The summed E-state index contributed by atoms with van der Waals surface area (Å²) in [4.78, 5) is 0. The van der Waals surface area contributed by atoms with Crippen molar-refractivity contribution in [3.63, 3.8) is 0 Å². The van der Waals surface area contributed by atoms with E-state index in [1.807, 2.05) is 12.1 Å². The first kappa shape index (κ1) is 22.2. The van der Waals surface area contributed by atoms with Crippen molar-refractivity contribution in [2.24, 2.45) is 0 Å². The highest BCUT2D eigenvalue weighted by Crippen LogP contribution is 2.22. The largest absolute Gasteiger partial charge is 0.487 e. The van der Waals surface area contributed by atoms with Gasteiger partial charge in [-0.2, -0.15) is 0 Å². The molecule has 0 unspecified atom stereocenters. The normalized spacial score (nSPS) is 11.1. The van der Waals surface area contributed by atoms with Gasteiger partial charge in [-0.1, -0.05) is 38.1 Å². The molecule has 1 aromatic heterocycles. The van der Waals surface area contributed by atoms with Gasteiger partial charge in [0.05, 0.1) is 0 Å². The highest BCUT2D eigenvalue weighted by molar-refractivity contribution is 9.10. The quantitative estimate of drug-likeness (QED) is 0.474. The molecule has 0 radical (unpaired) electrons. The van der Waals surface area contributed by atoms with E-state index in [1.165, 1.54) is 17.7 Å². The van der Waals surface area contributed by atoms with Crippen molar-refractivity contribution in [2.75, 3.05) is 0 Å². The second-order valence-electron chi connectivity index (χ2n) is 7.35. The molecule has 7 heteroatoms. The Bertz CT molecular complexity index is 1080. The highest BCUT2D eigenvalue weighted by atomic mass is 79.9. The Morgan fingerprint density at radius 1 is 1.10 bits per heavy atom. The average molecular weight is 476 g/mol. The monoisotopic (exact) mass is 475 g/mol. The fourth-order valence-corrected chi connectivity index (χ4v) is 3.42. The molecule has 0 spiro atoms. The molecule has 0 amide bonds. The van der Waals surface area contributed by atoms with E-state index in [9.17, 15) is 8.78 Å². The Balaban J connectivity index is 1.72. The Morgan fingerprint density at radius 3 is 2.60 bits per heavy atom. The second-order valence-corrected chi connectivity index (χ2v) is 8.14. The first-order chi connectivity index (χ1) is 14.3. The zero-order valence-electron chi connectivity index (χ0n) is 16.9. The summed E-state index contributed by atoms with van der Waals surface area (Å²) in [6.45, 7) is 5.49. The number of benzene rings is 2. The van der Waals surface area contributed by atoms with Gasteiger partial charge in [0.25, 0.3) is 0 Å². The minimum atomic E-state index is -0.657. The fraction of sp³-hybridized carbons (Fsp3) is 0.261. The minimum Gasteiger partial charge on any atom is -0.487 e. The minimum absolute atomic E-state index is 0.0565. The van der Waals surface area contributed by atoms with Gasteiger partial charge in [0.1, 0.15) is 34.0 Å². The maximum atomic E-state index is 13.8. The molecule has 30 heavy (non-hydrogen) atoms. The van der Waals surface area contributed by atoms with Gasteiger partial charge in [-0.25, -0.2) is 8.78 Å². The third kappa shape index (κ3) is 5.77. The molecule has 0 saturated heterocycles. The summed E-state index contributed by atoms with van der Waals surface area (Å²) < 4.78 is 34.8. The standard InChI is InChI=1S/C23H24BrF2N3O/c1-15(2)28-12-16-4-3-5-17(10-16)13-29-9-8-21(22(24)23(29)27)30-14-18-6-7-19(25)11-20(18)26/h3-11,15,27-28H,12-14H2,1-2H3. The molecule has 0 aliphatic rings. The Labute approximate surface area is 183 Å². The third-order valence-electron chi connectivity index (χ3n) is 4.57. The molecule has 0 aliphatic carbocycles. The van der Waals surface area contributed by atoms with E-state index in [1.54, 1.807) is 16.8 Å². The lowest BCUT2D eigenvalue weighted by molar-refractivity contribution is 0.296. The van der Waals surface area contributed by atoms with E-state index >= 15 is 0 Å². The molecule has 0 fully saturated rings. The van der Waals surface area contributed by atoms with Crippen molar-refractivity contribution in [2.45, 2.75) is 39.6 Å². The van der Waals surface area contributed by atoms with Crippen molar-refractivity contribution in [3.05, 3.63) is 93.0 Å². The molecule has 0 saturated carbocycles. The van der Waals surface area contributed by atoms with Crippen molar-refractivity contribution in [1.29, 1.82) is 5.41 Å². The molecular weight excluding hydrogens is 452 g/mol. The molecule has 3 rings (SSSR count). The number of hydrogen-bond acceptors (Lipinski definition) is 3. The van der Waals surface area contributed by atoms with E-state index in [2.05, 4.69) is 47.2 Å². The van der Waals surface area contributed by atoms with Crippen LogP contribution >= 0.6 is 15.9 Å². The lowest BCUT2D eigenvalue weighted by Gasteiger charge is -2.14. The molecule has 0 aliphatic heterocycles. The zero-order chi connectivity index (χ0) is 21.7. The van der Waals surface area contributed by atoms with E-state index in [0.717, 1.165) is 18.2 Å². The highest BCUT2D eigenvalue weighted by Gasteiger charge is 2.10. The van der Waals surface area contributed by atoms with Crippen LogP contribution in [0.15, 0.2) is 59.2 Å². The summed E-state index contributed by atoms with van der Waals surface area (Å²) in [7, 11) is 0. The Kier molecular flexibility index (Phi) is 7.39. The van der Waals surface area contributed by atoms with E-state index in [4.69, 9.17) is 10.1 Å². The van der Waals surface area contributed by atoms with Crippen LogP contribution in [-0.2, 0) is 19.7 Å². The summed E-state index contributed by atoms with van der Waals surface area (Å²) in [5.74, 6) is -0.861. The number of ether oxygens (including phenoxy) is 1. The first-order valence-electron chi connectivity index (χ1n) is 9.65. The molecule has 1 heterocycles. The lowest BCUT2D eigenvalue weighted by Crippen LogP contribution is -2.23. The van der Waals surface area contributed by atoms with Gasteiger partial charge < -0.3 is 14.6 Å². The molecule has 0 atom stereocenters. The molecule has 2 aromatic carbocycles. The van der Waals surface area contributed by atoms with Gasteiger partial charge in [0.2, 0.25) is 0 Å². The molecule has 2 N–H and O–H groups in total. The van der Waals surface area contributed by atoms with Crippen molar-refractivity contribution >= 4 is 15.9 Å². The number of hydrogen-bond donors (Lipinski definition) is 2. The maximum absolute atomic E-state index is 13.8. The summed E-state index contributed by atoms with van der Waals surface area (Å²) in [6, 6.07) is 13.8. The number of nitrogens with zero attached hydrogens (tertiary/aromatic N) is 1. The number of halogens is 3. The lowest BCUT2D eigenvalue weighted by atomic mass is 10.1. The SMILES string of the molecule is CC(C)NCc1cccc(Cn2ccc(OCc3ccc(F)cc3F)c(Br)c2=N)c1. The molecular formula is C23H24BrF2N3O. The first-order valence-corrected chi connectivity index (χ1v) is 10.4. The van der Waals surface area contributed by atoms with Crippen LogP contribution in [0.2, 0.25) is 0 Å². The van der Waals surface area contributed by atoms with Crippen molar-refractivity contribution in [1.82, 2.24) is 9.88 Å². The maximum Gasteiger partial charge on any atom is 0.143 e. The van der Waals surface area contributed by atoms with Gasteiger partial charge in [0.15, 0.2) is 0 Å². The number of rotatable bonds is 8. The average Bonchev–Trinajstić information content (AvgIpc) is 2.71. The van der Waals surface area contributed by atoms with Crippen LogP contribution in [0.1, 0.15) is 30.5 Å². The molecule has 158 valence electrons. The van der Waals surface area contributed by atoms with Gasteiger partial charge in [-0.15, -0.1) is 0 Å². The van der Waals surface area contributed by atoms with Crippen molar-refractivity contribution in [3.8, 4) is 5.75 Å². The zero-order valence-corrected chi connectivity index (χ0v) is 18.5. The Hall–Kier alpha value is -2.51. The van der Waals surface area contributed by atoms with Crippen LogP contribution < -0.4 is 15.5 Å². The van der Waals surface area contributed by atoms with Crippen LogP contribution in [0.3, 0.4) is 0 Å². The van der Waals surface area contributed by atoms with Crippen LogP contribution in [-0.4, -0.2) is 10.6 Å². The van der Waals surface area contributed by atoms with Crippen LogP contribution in [0, 0.1) is 17.0 Å². The van der Waals surface area contributed by atoms with E-state index < -0.39 is 11.6 Å². The number of nitrogens with one attached hydrogen (secondary N) is 2. The van der Waals surface area contributed by atoms with Gasteiger partial charge >= 0.3 is 0 Å². The van der Waals surface area contributed by atoms with Gasteiger partial charge in [-0.3, -0.25) is 5.41 Å². The fourth-order valence-electron chi connectivity index (χ4n) is 2.94. The van der Waals surface area contributed by atoms with Crippen LogP contribution in [0.4, 0.5) is 8.78 Å². The molecule has 3 aromatic rings. The third-order valence-corrected chi connectivity index (χ3v) is 5.34. The second kappa shape index (κ2) is 10.00. The molecule has 4 nitrogen and oxygen atoms in total. The van der Waals surface area contributed by atoms with E-state index in [0.29, 0.717) is 22.8 Å². The predicted octanol–water partition coefficient (Wildman–Crippen LogP) is 5.13. The van der Waals surface area contributed by atoms with Crippen LogP contribution in [0.25, 0.3) is 0 Å².